The zero-order valence-electron chi connectivity index (χ0n) is 25.7. The molecule has 46 heavy (non-hydrogen) atoms. The van der Waals surface area contributed by atoms with Gasteiger partial charge in [0.05, 0.1) is 11.4 Å². The summed E-state index contributed by atoms with van der Waals surface area (Å²) in [6.07, 6.45) is 0. The second-order valence-corrected chi connectivity index (χ2v) is 12.6. The van der Waals surface area contributed by atoms with Crippen LogP contribution >= 0.6 is 0 Å². The van der Waals surface area contributed by atoms with E-state index in [4.69, 9.17) is 14.4 Å². The molecule has 0 saturated carbocycles. The first-order valence-electron chi connectivity index (χ1n) is 15.7. The molecule has 3 nitrogen and oxygen atoms in total. The Morgan fingerprint density at radius 1 is 0.478 bits per heavy atom. The van der Waals surface area contributed by atoms with E-state index >= 15 is 0 Å². The van der Waals surface area contributed by atoms with Gasteiger partial charge in [-0.1, -0.05) is 135 Å². The van der Waals surface area contributed by atoms with E-state index in [1.807, 2.05) is 42.5 Å². The molecule has 0 atom stereocenters. The summed E-state index contributed by atoms with van der Waals surface area (Å²) in [4.78, 5) is 10.0. The normalized spacial score (nSPS) is 13.2. The van der Waals surface area contributed by atoms with E-state index in [-0.39, 0.29) is 5.41 Å². The van der Waals surface area contributed by atoms with Crippen molar-refractivity contribution in [1.29, 1.82) is 0 Å². The third-order valence-electron chi connectivity index (χ3n) is 9.49. The first-order chi connectivity index (χ1) is 22.5. The highest BCUT2D eigenvalue weighted by Gasteiger charge is 2.38. The van der Waals surface area contributed by atoms with E-state index in [2.05, 4.69) is 117 Å². The van der Waals surface area contributed by atoms with Crippen molar-refractivity contribution < 1.29 is 4.42 Å². The van der Waals surface area contributed by atoms with Crippen molar-refractivity contribution in [3.63, 3.8) is 0 Å². The zero-order valence-corrected chi connectivity index (χ0v) is 25.7. The average Bonchev–Trinajstić information content (AvgIpc) is 3.60. The Labute approximate surface area is 267 Å². The number of benzene rings is 6. The van der Waals surface area contributed by atoms with Gasteiger partial charge in [0.25, 0.3) is 0 Å². The summed E-state index contributed by atoms with van der Waals surface area (Å²) in [6, 6.07) is 51.0. The van der Waals surface area contributed by atoms with Crippen LogP contribution in [0, 0.1) is 0 Å². The van der Waals surface area contributed by atoms with Gasteiger partial charge in [0.15, 0.2) is 5.82 Å². The number of hydrogen-bond acceptors (Lipinski definition) is 3. The minimum atomic E-state index is -0.174. The second kappa shape index (κ2) is 10.1. The van der Waals surface area contributed by atoms with Crippen molar-refractivity contribution in [1.82, 2.24) is 9.97 Å². The number of rotatable bonds is 4. The van der Waals surface area contributed by atoms with Crippen molar-refractivity contribution in [3.05, 3.63) is 157 Å². The molecular weight excluding hydrogens is 560 g/mol. The molecule has 2 aromatic heterocycles. The average molecular weight is 591 g/mol. The Morgan fingerprint density at radius 2 is 1.07 bits per heavy atom. The Balaban J connectivity index is 1.11. The van der Waals surface area contributed by atoms with Crippen LogP contribution in [0.2, 0.25) is 0 Å². The van der Waals surface area contributed by atoms with Crippen LogP contribution in [0.25, 0.3) is 78.1 Å². The van der Waals surface area contributed by atoms with Crippen molar-refractivity contribution in [2.45, 2.75) is 19.3 Å². The third-order valence-corrected chi connectivity index (χ3v) is 9.49. The molecule has 8 aromatic rings. The van der Waals surface area contributed by atoms with E-state index in [1.54, 1.807) is 0 Å². The fraction of sp³-hybridized carbons (Fsp3) is 0.0698. The van der Waals surface area contributed by atoms with Crippen molar-refractivity contribution in [2.75, 3.05) is 0 Å². The number of furan rings is 1. The molecule has 6 aromatic carbocycles. The molecule has 218 valence electrons. The largest absolute Gasteiger partial charge is 0.456 e. The maximum atomic E-state index is 6.27. The van der Waals surface area contributed by atoms with Crippen LogP contribution in [-0.2, 0) is 5.41 Å². The lowest BCUT2D eigenvalue weighted by atomic mass is 9.80. The summed E-state index contributed by atoms with van der Waals surface area (Å²) < 4.78 is 6.27. The molecule has 0 N–H and O–H groups in total. The van der Waals surface area contributed by atoms with Gasteiger partial charge in [-0.25, -0.2) is 9.97 Å². The minimum Gasteiger partial charge on any atom is -0.456 e. The maximum Gasteiger partial charge on any atom is 0.160 e. The number of hydrogen-bond donors (Lipinski definition) is 0. The zero-order chi connectivity index (χ0) is 30.8. The van der Waals surface area contributed by atoms with Gasteiger partial charge < -0.3 is 4.42 Å². The summed E-state index contributed by atoms with van der Waals surface area (Å²) in [6.45, 7) is 4.68. The number of fused-ring (bicyclic) bond motifs is 7. The van der Waals surface area contributed by atoms with Gasteiger partial charge in [0.2, 0.25) is 0 Å². The molecule has 0 spiro atoms. The van der Waals surface area contributed by atoms with Gasteiger partial charge in [0, 0.05) is 32.9 Å². The molecular formula is C43H30N2O. The highest BCUT2D eigenvalue weighted by molar-refractivity contribution is 6.11. The van der Waals surface area contributed by atoms with Gasteiger partial charge in [-0.3, -0.25) is 0 Å². The Hall–Kier alpha value is -5.80. The molecule has 0 aliphatic heterocycles. The third kappa shape index (κ3) is 4.13. The predicted octanol–water partition coefficient (Wildman–Crippen LogP) is 11.4. The molecule has 1 aliphatic carbocycles. The first-order valence-corrected chi connectivity index (χ1v) is 15.7. The minimum absolute atomic E-state index is 0.174. The van der Waals surface area contributed by atoms with Gasteiger partial charge in [-0.15, -0.1) is 0 Å². The van der Waals surface area contributed by atoms with Crippen LogP contribution in [0.15, 0.2) is 150 Å². The van der Waals surface area contributed by atoms with Crippen LogP contribution < -0.4 is 0 Å². The second-order valence-electron chi connectivity index (χ2n) is 12.6. The lowest BCUT2D eigenvalue weighted by Crippen LogP contribution is -2.15. The molecule has 0 radical (unpaired) electrons. The van der Waals surface area contributed by atoms with E-state index < -0.39 is 0 Å². The molecule has 1 aliphatic rings. The maximum absolute atomic E-state index is 6.27. The van der Waals surface area contributed by atoms with Crippen LogP contribution in [0.1, 0.15) is 25.0 Å². The predicted molar refractivity (Wildman–Crippen MR) is 189 cm³/mol. The Kier molecular flexibility index (Phi) is 5.85. The fourth-order valence-corrected chi connectivity index (χ4v) is 7.20. The Bertz CT molecular complexity index is 2360. The van der Waals surface area contributed by atoms with Crippen molar-refractivity contribution >= 4 is 21.9 Å². The molecule has 0 fully saturated rings. The SMILES string of the molecule is CC1(C)c2cc(-c3ccc(-c4nc(-c5ccccc5)cc(-c5ccccc5)n4)cc3)ccc2-c2ccc3oc4ccccc4c3c21. The number of para-hydroxylation sites is 1. The lowest BCUT2D eigenvalue weighted by Gasteiger charge is -2.23. The van der Waals surface area contributed by atoms with Crippen LogP contribution in [-0.4, -0.2) is 9.97 Å². The standard InChI is InChI=1S/C43H30N2O/c1-43(2)35-25-31(21-22-32(35)33-23-24-39-40(41(33)43)34-15-9-10-16-38(34)46-39)27-17-19-30(20-18-27)42-44-36(28-11-5-3-6-12-28)26-37(45-42)29-13-7-4-8-14-29/h3-26H,1-2H3. The molecule has 9 rings (SSSR count). The summed E-state index contributed by atoms with van der Waals surface area (Å²) in [7, 11) is 0. The summed E-state index contributed by atoms with van der Waals surface area (Å²) in [5.41, 5.74) is 14.3. The van der Waals surface area contributed by atoms with Crippen LogP contribution in [0.5, 0.6) is 0 Å². The van der Waals surface area contributed by atoms with E-state index in [9.17, 15) is 0 Å². The van der Waals surface area contributed by atoms with E-state index in [0.29, 0.717) is 5.82 Å². The molecule has 0 bridgehead atoms. The van der Waals surface area contributed by atoms with Crippen molar-refractivity contribution in [2.24, 2.45) is 0 Å². The van der Waals surface area contributed by atoms with Crippen molar-refractivity contribution in [3.8, 4) is 56.2 Å². The molecule has 0 saturated heterocycles. The highest BCUT2D eigenvalue weighted by Crippen LogP contribution is 2.53. The summed E-state index contributed by atoms with van der Waals surface area (Å²) in [5.74, 6) is 0.716. The van der Waals surface area contributed by atoms with Gasteiger partial charge in [-0.05, 0) is 57.6 Å². The summed E-state index contributed by atoms with van der Waals surface area (Å²) >= 11 is 0. The van der Waals surface area contributed by atoms with Gasteiger partial charge in [0.1, 0.15) is 11.2 Å². The highest BCUT2D eigenvalue weighted by atomic mass is 16.3. The van der Waals surface area contributed by atoms with Crippen LogP contribution in [0.4, 0.5) is 0 Å². The van der Waals surface area contributed by atoms with E-state index in [1.165, 1.54) is 44.2 Å². The smallest absolute Gasteiger partial charge is 0.160 e. The molecule has 2 heterocycles. The summed E-state index contributed by atoms with van der Waals surface area (Å²) in [5, 5.41) is 2.41. The lowest BCUT2D eigenvalue weighted by molar-refractivity contribution is 0.657. The van der Waals surface area contributed by atoms with Gasteiger partial charge in [-0.2, -0.15) is 0 Å². The fourth-order valence-electron chi connectivity index (χ4n) is 7.20. The molecule has 0 unspecified atom stereocenters. The molecule has 3 heteroatoms. The quantitative estimate of drug-likeness (QED) is 0.205. The first kappa shape index (κ1) is 26.6. The van der Waals surface area contributed by atoms with E-state index in [0.717, 1.165) is 39.2 Å². The van der Waals surface area contributed by atoms with Crippen LogP contribution in [0.3, 0.4) is 0 Å². The number of nitrogens with zero attached hydrogens (tertiary/aromatic N) is 2. The topological polar surface area (TPSA) is 38.9 Å². The Morgan fingerprint density at radius 3 is 1.76 bits per heavy atom. The van der Waals surface area contributed by atoms with Gasteiger partial charge >= 0.3 is 0 Å². The monoisotopic (exact) mass is 590 g/mol. The number of aromatic nitrogens is 2. The molecule has 0 amide bonds.